The van der Waals surface area contributed by atoms with Gasteiger partial charge in [0.05, 0.1) is 12.8 Å². The third kappa shape index (κ3) is 4.13. The van der Waals surface area contributed by atoms with E-state index in [0.29, 0.717) is 13.2 Å². The van der Waals surface area contributed by atoms with Gasteiger partial charge in [0.1, 0.15) is 0 Å². The molecule has 7 nitrogen and oxygen atoms in total. The first-order chi connectivity index (χ1) is 8.72. The summed E-state index contributed by atoms with van der Waals surface area (Å²) in [7, 11) is 0. The molecule has 0 aromatic carbocycles. The zero-order chi connectivity index (χ0) is 13.4. The molecule has 0 bridgehead atoms. The Morgan fingerprint density at radius 3 is 3.17 bits per heavy atom. The first-order valence-corrected chi connectivity index (χ1v) is 6.72. The molecule has 0 aromatic rings. The van der Waals surface area contributed by atoms with Crippen molar-refractivity contribution in [2.75, 3.05) is 19.4 Å². The molecule has 0 radical (unpaired) electrons. The lowest BCUT2D eigenvalue weighted by Gasteiger charge is -2.28. The van der Waals surface area contributed by atoms with Gasteiger partial charge in [0, 0.05) is 6.54 Å². The van der Waals surface area contributed by atoms with E-state index in [1.165, 1.54) is 11.8 Å². The maximum absolute atomic E-state index is 11.5. The number of azo groups is 1. The molecule has 1 unspecified atom stereocenters. The first-order valence-electron chi connectivity index (χ1n) is 5.43. The molecule has 18 heavy (non-hydrogen) atoms. The topological polar surface area (TPSA) is 78.3 Å². The molecule has 0 aromatic heterocycles. The van der Waals surface area contributed by atoms with E-state index >= 15 is 0 Å². The first kappa shape index (κ1) is 14.7. The molecule has 1 aliphatic heterocycles. The number of nitrogens with zero attached hydrogens (tertiary/aromatic N) is 3. The largest absolute Gasteiger partial charge is 0.461 e. The Morgan fingerprint density at radius 1 is 1.78 bits per heavy atom. The number of hydrogen-bond donors (Lipinski definition) is 2. The summed E-state index contributed by atoms with van der Waals surface area (Å²) in [6.07, 6.45) is 5.17. The van der Waals surface area contributed by atoms with Crippen LogP contribution in [0.3, 0.4) is 0 Å². The second kappa shape index (κ2) is 7.85. The predicted octanol–water partition coefficient (Wildman–Crippen LogP) is 1.00. The molecule has 8 heteroatoms. The van der Waals surface area contributed by atoms with E-state index in [0.717, 1.165) is 0 Å². The Bertz CT molecular complexity index is 358. The molecule has 0 fully saturated rings. The number of hydrogen-bond acceptors (Lipinski definition) is 8. The molecule has 100 valence electrons. The van der Waals surface area contributed by atoms with Crippen LogP contribution in [0.1, 0.15) is 6.92 Å². The molecule has 0 saturated carbocycles. The van der Waals surface area contributed by atoms with Crippen LogP contribution in [0.25, 0.3) is 0 Å². The van der Waals surface area contributed by atoms with Crippen LogP contribution in [-0.2, 0) is 9.53 Å². The molecular formula is C10H17N5O2S. The van der Waals surface area contributed by atoms with Crippen molar-refractivity contribution in [3.05, 3.63) is 24.6 Å². The Kier molecular flexibility index (Phi) is 6.40. The van der Waals surface area contributed by atoms with Crippen molar-refractivity contribution >= 4 is 17.7 Å². The highest BCUT2D eigenvalue weighted by atomic mass is 32.2. The fourth-order valence-electron chi connectivity index (χ4n) is 1.14. The van der Waals surface area contributed by atoms with Gasteiger partial charge in [0.2, 0.25) is 5.50 Å². The van der Waals surface area contributed by atoms with Crippen LogP contribution < -0.4 is 11.0 Å². The van der Waals surface area contributed by atoms with E-state index in [4.69, 9.17) is 4.74 Å². The molecule has 0 aliphatic carbocycles. The average Bonchev–Trinajstić information content (AvgIpc) is 2.39. The molecule has 0 spiro atoms. The number of carbonyl (C=O) groups is 1. The smallest absolute Gasteiger partial charge is 0.360 e. The fourth-order valence-corrected chi connectivity index (χ4v) is 1.63. The SMILES string of the molecule is C=CCNNN1C=C(C(=O)OCC)N=NC1SC. The monoisotopic (exact) mass is 271 g/mol. The fraction of sp³-hybridized carbons (Fsp3) is 0.500. The predicted molar refractivity (Wildman–Crippen MR) is 70.0 cm³/mol. The second-order valence-corrected chi connectivity index (χ2v) is 4.09. The van der Waals surface area contributed by atoms with Gasteiger partial charge in [0.25, 0.3) is 0 Å². The maximum atomic E-state index is 11.5. The Hall–Kier alpha value is -1.38. The van der Waals surface area contributed by atoms with E-state index in [1.807, 2.05) is 6.26 Å². The van der Waals surface area contributed by atoms with E-state index in [-0.39, 0.29) is 11.2 Å². The Morgan fingerprint density at radius 2 is 2.56 bits per heavy atom. The van der Waals surface area contributed by atoms with Gasteiger partial charge in [-0.1, -0.05) is 6.08 Å². The quantitative estimate of drug-likeness (QED) is 0.311. The number of ether oxygens (including phenoxy) is 1. The number of nitrogens with one attached hydrogen (secondary N) is 2. The van der Waals surface area contributed by atoms with E-state index in [1.54, 1.807) is 24.2 Å². The Labute approximate surface area is 110 Å². The Balaban J connectivity index is 2.67. The number of thioether (sulfide) groups is 1. The molecule has 1 heterocycles. The van der Waals surface area contributed by atoms with Gasteiger partial charge < -0.3 is 4.74 Å². The lowest BCUT2D eigenvalue weighted by Crippen LogP contribution is -2.48. The second-order valence-electron chi connectivity index (χ2n) is 3.20. The van der Waals surface area contributed by atoms with Crippen LogP contribution >= 0.6 is 11.8 Å². The minimum atomic E-state index is -0.490. The summed E-state index contributed by atoms with van der Waals surface area (Å²) < 4.78 is 4.87. The summed E-state index contributed by atoms with van der Waals surface area (Å²) in [5.41, 5.74) is 5.74. The van der Waals surface area contributed by atoms with Crippen molar-refractivity contribution in [3.63, 3.8) is 0 Å². The van der Waals surface area contributed by atoms with Gasteiger partial charge >= 0.3 is 5.97 Å². The van der Waals surface area contributed by atoms with Crippen molar-refractivity contribution in [3.8, 4) is 0 Å². The number of hydrazine groups is 2. The van der Waals surface area contributed by atoms with Crippen LogP contribution in [-0.4, -0.2) is 35.9 Å². The van der Waals surface area contributed by atoms with Gasteiger partial charge in [-0.25, -0.2) is 10.2 Å². The van der Waals surface area contributed by atoms with Crippen molar-refractivity contribution in [2.24, 2.45) is 10.2 Å². The summed E-state index contributed by atoms with van der Waals surface area (Å²) in [4.78, 5) is 11.5. The molecule has 1 atom stereocenters. The minimum Gasteiger partial charge on any atom is -0.461 e. The molecule has 1 aliphatic rings. The van der Waals surface area contributed by atoms with Crippen LogP contribution in [0.2, 0.25) is 0 Å². The van der Waals surface area contributed by atoms with Crippen molar-refractivity contribution in [1.29, 1.82) is 0 Å². The molecule has 0 amide bonds. The summed E-state index contributed by atoms with van der Waals surface area (Å²) in [5.74, 6) is -0.490. The standard InChI is InChI=1S/C10H17N5O2S/c1-4-6-11-14-15-7-8(9(16)17-5-2)12-13-10(15)18-3/h4,7,10-11,14H,1,5-6H2,2-3H3. The zero-order valence-electron chi connectivity index (χ0n) is 10.4. The minimum absolute atomic E-state index is 0.162. The highest BCUT2D eigenvalue weighted by Crippen LogP contribution is 2.20. The highest BCUT2D eigenvalue weighted by molar-refractivity contribution is 7.99. The normalized spacial score (nSPS) is 18.4. The van der Waals surface area contributed by atoms with Gasteiger partial charge in [-0.15, -0.1) is 28.6 Å². The van der Waals surface area contributed by atoms with E-state index in [2.05, 4.69) is 27.8 Å². The van der Waals surface area contributed by atoms with Crippen molar-refractivity contribution in [2.45, 2.75) is 12.4 Å². The van der Waals surface area contributed by atoms with Gasteiger partial charge in [-0.2, -0.15) is 5.53 Å². The molecule has 0 saturated heterocycles. The van der Waals surface area contributed by atoms with Gasteiger partial charge in [-0.3, -0.25) is 5.01 Å². The summed E-state index contributed by atoms with van der Waals surface area (Å²) in [6, 6.07) is 0. The van der Waals surface area contributed by atoms with Crippen molar-refractivity contribution < 1.29 is 9.53 Å². The van der Waals surface area contributed by atoms with Crippen molar-refractivity contribution in [1.82, 2.24) is 16.0 Å². The highest BCUT2D eigenvalue weighted by Gasteiger charge is 2.22. The number of rotatable bonds is 7. The third-order valence-corrected chi connectivity index (χ3v) is 2.66. The summed E-state index contributed by atoms with van der Waals surface area (Å²) in [6.45, 7) is 6.22. The molecular weight excluding hydrogens is 254 g/mol. The average molecular weight is 271 g/mol. The zero-order valence-corrected chi connectivity index (χ0v) is 11.2. The van der Waals surface area contributed by atoms with E-state index < -0.39 is 5.97 Å². The maximum Gasteiger partial charge on any atom is 0.360 e. The number of carbonyl (C=O) groups excluding carboxylic acids is 1. The molecule has 2 N–H and O–H groups in total. The lowest BCUT2D eigenvalue weighted by molar-refractivity contribution is -0.138. The van der Waals surface area contributed by atoms with Crippen LogP contribution in [0.5, 0.6) is 0 Å². The van der Waals surface area contributed by atoms with Gasteiger partial charge in [-0.05, 0) is 13.2 Å². The summed E-state index contributed by atoms with van der Waals surface area (Å²) in [5, 5.41) is 9.50. The number of esters is 1. The van der Waals surface area contributed by atoms with Gasteiger partial charge in [0.15, 0.2) is 5.70 Å². The van der Waals surface area contributed by atoms with Crippen LogP contribution in [0, 0.1) is 0 Å². The summed E-state index contributed by atoms with van der Waals surface area (Å²) >= 11 is 1.48. The van der Waals surface area contributed by atoms with E-state index in [9.17, 15) is 4.79 Å². The van der Waals surface area contributed by atoms with Crippen LogP contribution in [0.15, 0.2) is 34.8 Å². The molecule has 1 rings (SSSR count). The lowest BCUT2D eigenvalue weighted by atomic mass is 10.5. The third-order valence-electron chi connectivity index (χ3n) is 1.91. The van der Waals surface area contributed by atoms with Crippen LogP contribution in [0.4, 0.5) is 0 Å².